The molecule has 100 valence electrons. The molecule has 2 rings (SSSR count). The number of piperidine rings is 1. The Labute approximate surface area is 106 Å². The van der Waals surface area contributed by atoms with Gasteiger partial charge in [-0.3, -0.25) is 4.90 Å². The summed E-state index contributed by atoms with van der Waals surface area (Å²) in [5.74, 6) is 0. The fraction of sp³-hybridized carbons (Fsp3) is 1.00. The highest BCUT2D eigenvalue weighted by atomic mass is 16.5. The van der Waals surface area contributed by atoms with Crippen molar-refractivity contribution in [1.82, 2.24) is 10.2 Å². The maximum atomic E-state index is 5.70. The molecular weight excluding hydrogens is 212 g/mol. The topological polar surface area (TPSA) is 24.5 Å². The van der Waals surface area contributed by atoms with Gasteiger partial charge in [0.15, 0.2) is 0 Å². The SMILES string of the molecule is CC1CN(C(C)CC2CCCCN2)C(C)CO1. The molecule has 17 heavy (non-hydrogen) atoms. The summed E-state index contributed by atoms with van der Waals surface area (Å²) in [4.78, 5) is 2.63. The van der Waals surface area contributed by atoms with E-state index in [0.29, 0.717) is 18.2 Å². The van der Waals surface area contributed by atoms with Gasteiger partial charge in [-0.05, 0) is 46.6 Å². The lowest BCUT2D eigenvalue weighted by Gasteiger charge is -2.42. The summed E-state index contributed by atoms with van der Waals surface area (Å²) in [5.41, 5.74) is 0. The van der Waals surface area contributed by atoms with Crippen molar-refractivity contribution >= 4 is 0 Å². The fourth-order valence-corrected chi connectivity index (χ4v) is 3.22. The van der Waals surface area contributed by atoms with E-state index < -0.39 is 0 Å². The normalized spacial score (nSPS) is 37.9. The monoisotopic (exact) mass is 240 g/mol. The zero-order valence-electron chi connectivity index (χ0n) is 11.6. The number of ether oxygens (including phenoxy) is 1. The van der Waals surface area contributed by atoms with Gasteiger partial charge in [-0.15, -0.1) is 0 Å². The Kier molecular flexibility index (Phi) is 4.83. The van der Waals surface area contributed by atoms with Crippen molar-refractivity contribution < 1.29 is 4.74 Å². The second kappa shape index (κ2) is 6.17. The van der Waals surface area contributed by atoms with E-state index in [9.17, 15) is 0 Å². The van der Waals surface area contributed by atoms with Gasteiger partial charge in [0.25, 0.3) is 0 Å². The van der Waals surface area contributed by atoms with Crippen LogP contribution in [0, 0.1) is 0 Å². The van der Waals surface area contributed by atoms with Gasteiger partial charge in [-0.2, -0.15) is 0 Å². The Morgan fingerprint density at radius 2 is 2.18 bits per heavy atom. The molecule has 3 heteroatoms. The van der Waals surface area contributed by atoms with Gasteiger partial charge in [0.1, 0.15) is 0 Å². The van der Waals surface area contributed by atoms with Crippen molar-refractivity contribution in [2.45, 2.75) is 70.7 Å². The van der Waals surface area contributed by atoms with Crippen molar-refractivity contribution in [2.24, 2.45) is 0 Å². The highest BCUT2D eigenvalue weighted by Gasteiger charge is 2.28. The summed E-state index contributed by atoms with van der Waals surface area (Å²) in [7, 11) is 0. The molecule has 0 aromatic rings. The van der Waals surface area contributed by atoms with E-state index in [1.54, 1.807) is 0 Å². The molecule has 4 unspecified atom stereocenters. The van der Waals surface area contributed by atoms with Gasteiger partial charge >= 0.3 is 0 Å². The molecule has 0 aliphatic carbocycles. The van der Waals surface area contributed by atoms with E-state index in [4.69, 9.17) is 4.74 Å². The third-order valence-electron chi connectivity index (χ3n) is 4.26. The lowest BCUT2D eigenvalue weighted by molar-refractivity contribution is -0.0657. The van der Waals surface area contributed by atoms with Crippen LogP contribution in [0.2, 0.25) is 0 Å². The zero-order chi connectivity index (χ0) is 12.3. The van der Waals surface area contributed by atoms with Crippen LogP contribution in [-0.4, -0.2) is 48.8 Å². The van der Waals surface area contributed by atoms with E-state index in [0.717, 1.165) is 19.2 Å². The van der Waals surface area contributed by atoms with Gasteiger partial charge in [0.05, 0.1) is 12.7 Å². The predicted molar refractivity (Wildman–Crippen MR) is 71.3 cm³/mol. The van der Waals surface area contributed by atoms with Crippen molar-refractivity contribution in [3.05, 3.63) is 0 Å². The largest absolute Gasteiger partial charge is 0.376 e. The molecule has 0 bridgehead atoms. The first-order valence-electron chi connectivity index (χ1n) is 7.27. The minimum absolute atomic E-state index is 0.396. The number of nitrogens with zero attached hydrogens (tertiary/aromatic N) is 1. The Balaban J connectivity index is 1.82. The van der Waals surface area contributed by atoms with Gasteiger partial charge in [-0.25, -0.2) is 0 Å². The number of rotatable bonds is 3. The van der Waals surface area contributed by atoms with Crippen molar-refractivity contribution in [3.8, 4) is 0 Å². The first kappa shape index (κ1) is 13.3. The quantitative estimate of drug-likeness (QED) is 0.817. The minimum atomic E-state index is 0.396. The molecule has 0 aromatic carbocycles. The number of hydrogen-bond acceptors (Lipinski definition) is 3. The average Bonchev–Trinajstić information content (AvgIpc) is 2.33. The van der Waals surface area contributed by atoms with E-state index in [2.05, 4.69) is 31.0 Å². The van der Waals surface area contributed by atoms with Gasteiger partial charge in [0.2, 0.25) is 0 Å². The lowest BCUT2D eigenvalue weighted by atomic mass is 9.97. The van der Waals surface area contributed by atoms with E-state index in [-0.39, 0.29) is 0 Å². The Morgan fingerprint density at radius 1 is 1.35 bits per heavy atom. The Bertz CT molecular complexity index is 228. The molecule has 2 saturated heterocycles. The first-order valence-corrected chi connectivity index (χ1v) is 7.27. The number of morpholine rings is 1. The molecule has 0 radical (unpaired) electrons. The average molecular weight is 240 g/mol. The first-order chi connectivity index (χ1) is 8.16. The van der Waals surface area contributed by atoms with Crippen LogP contribution in [0.3, 0.4) is 0 Å². The Morgan fingerprint density at radius 3 is 2.88 bits per heavy atom. The van der Waals surface area contributed by atoms with Crippen LogP contribution in [0.1, 0.15) is 46.5 Å². The zero-order valence-corrected chi connectivity index (χ0v) is 11.6. The van der Waals surface area contributed by atoms with Crippen molar-refractivity contribution in [1.29, 1.82) is 0 Å². The molecule has 0 saturated carbocycles. The fourth-order valence-electron chi connectivity index (χ4n) is 3.22. The van der Waals surface area contributed by atoms with Gasteiger partial charge in [-0.1, -0.05) is 6.42 Å². The van der Waals surface area contributed by atoms with Crippen molar-refractivity contribution in [2.75, 3.05) is 19.7 Å². The molecule has 2 heterocycles. The van der Waals surface area contributed by atoms with Crippen LogP contribution < -0.4 is 5.32 Å². The van der Waals surface area contributed by atoms with E-state index >= 15 is 0 Å². The maximum absolute atomic E-state index is 5.70. The van der Waals surface area contributed by atoms with E-state index in [1.807, 2.05) is 0 Å². The molecule has 0 amide bonds. The molecule has 3 nitrogen and oxygen atoms in total. The second-order valence-corrected chi connectivity index (χ2v) is 5.92. The molecule has 2 fully saturated rings. The summed E-state index contributed by atoms with van der Waals surface area (Å²) in [6, 6.07) is 1.99. The molecule has 4 atom stereocenters. The van der Waals surface area contributed by atoms with Crippen LogP contribution in [0.4, 0.5) is 0 Å². The molecule has 0 aromatic heterocycles. The van der Waals surface area contributed by atoms with Crippen LogP contribution >= 0.6 is 0 Å². The summed E-state index contributed by atoms with van der Waals surface area (Å²) in [6.07, 6.45) is 5.80. The standard InChI is InChI=1S/C14H28N2O/c1-11(8-14-6-4-5-7-15-14)16-9-13(3)17-10-12(16)2/h11-15H,4-10H2,1-3H3. The summed E-state index contributed by atoms with van der Waals surface area (Å²) >= 11 is 0. The van der Waals surface area contributed by atoms with Gasteiger partial charge in [0, 0.05) is 24.7 Å². The van der Waals surface area contributed by atoms with Gasteiger partial charge < -0.3 is 10.1 Å². The van der Waals surface area contributed by atoms with Crippen LogP contribution in [0.15, 0.2) is 0 Å². The van der Waals surface area contributed by atoms with Crippen LogP contribution in [0.5, 0.6) is 0 Å². The summed E-state index contributed by atoms with van der Waals surface area (Å²) in [6.45, 7) is 10.1. The smallest absolute Gasteiger partial charge is 0.0674 e. The number of nitrogens with one attached hydrogen (secondary N) is 1. The summed E-state index contributed by atoms with van der Waals surface area (Å²) in [5, 5.41) is 3.66. The van der Waals surface area contributed by atoms with Crippen LogP contribution in [-0.2, 0) is 4.74 Å². The third-order valence-corrected chi connectivity index (χ3v) is 4.26. The van der Waals surface area contributed by atoms with E-state index in [1.165, 1.54) is 32.2 Å². The predicted octanol–water partition coefficient (Wildman–Crippen LogP) is 2.02. The van der Waals surface area contributed by atoms with Crippen molar-refractivity contribution in [3.63, 3.8) is 0 Å². The highest BCUT2D eigenvalue weighted by Crippen LogP contribution is 2.20. The molecule has 0 spiro atoms. The highest BCUT2D eigenvalue weighted by molar-refractivity contribution is 4.84. The molecule has 2 aliphatic rings. The summed E-state index contributed by atoms with van der Waals surface area (Å²) < 4.78 is 5.70. The molecule has 2 aliphatic heterocycles. The lowest BCUT2D eigenvalue weighted by Crippen LogP contribution is -2.52. The maximum Gasteiger partial charge on any atom is 0.0674 e. The minimum Gasteiger partial charge on any atom is -0.376 e. The van der Waals surface area contributed by atoms with Crippen LogP contribution in [0.25, 0.3) is 0 Å². The molecular formula is C14H28N2O. The second-order valence-electron chi connectivity index (χ2n) is 5.92. The Hall–Kier alpha value is -0.120. The number of hydrogen-bond donors (Lipinski definition) is 1. The molecule has 1 N–H and O–H groups in total. The third kappa shape index (κ3) is 3.67.